The second-order valence-corrected chi connectivity index (χ2v) is 6.49. The Morgan fingerprint density at radius 2 is 2.23 bits per heavy atom. The molecule has 0 saturated carbocycles. The predicted molar refractivity (Wildman–Crippen MR) is 112 cm³/mol. The molecule has 3 rings (SSSR count). The number of nitrogens with one attached hydrogen (secondary N) is 2. The molecule has 2 aromatic rings. The van der Waals surface area contributed by atoms with E-state index in [1.165, 1.54) is 0 Å². The molecular weight excluding hydrogens is 445 g/mol. The molecule has 1 aliphatic heterocycles. The van der Waals surface area contributed by atoms with E-state index in [2.05, 4.69) is 17.6 Å². The molecule has 26 heavy (non-hydrogen) atoms. The van der Waals surface area contributed by atoms with Crippen molar-refractivity contribution < 1.29 is 13.6 Å². The van der Waals surface area contributed by atoms with Crippen molar-refractivity contribution in [3.8, 4) is 0 Å². The first-order valence-electron chi connectivity index (χ1n) is 8.92. The minimum atomic E-state index is 0. The van der Waals surface area contributed by atoms with Crippen molar-refractivity contribution in [3.05, 3.63) is 47.8 Å². The maximum absolute atomic E-state index is 5.71. The van der Waals surface area contributed by atoms with E-state index in [1.807, 2.05) is 31.2 Å². The maximum atomic E-state index is 5.71. The summed E-state index contributed by atoms with van der Waals surface area (Å²) in [6.07, 6.45) is 3.59. The van der Waals surface area contributed by atoms with E-state index < -0.39 is 0 Å². The Morgan fingerprint density at radius 3 is 2.88 bits per heavy atom. The number of ether oxygens (including phenoxy) is 1. The minimum Gasteiger partial charge on any atom is -0.469 e. The Hall–Kier alpha value is -1.48. The average Bonchev–Trinajstić information content (AvgIpc) is 3.35. The molecule has 6 nitrogen and oxygen atoms in total. The summed E-state index contributed by atoms with van der Waals surface area (Å²) in [4.78, 5) is 4.74. The van der Waals surface area contributed by atoms with Crippen LogP contribution in [0.1, 0.15) is 36.7 Å². The molecule has 0 aliphatic carbocycles. The number of rotatable bonds is 7. The van der Waals surface area contributed by atoms with E-state index in [1.54, 1.807) is 6.26 Å². The zero-order chi connectivity index (χ0) is 17.5. The molecule has 2 N–H and O–H groups in total. The highest BCUT2D eigenvalue weighted by Crippen LogP contribution is 2.16. The summed E-state index contributed by atoms with van der Waals surface area (Å²) < 4.78 is 16.5. The van der Waals surface area contributed by atoms with Crippen molar-refractivity contribution >= 4 is 29.9 Å². The SMILES string of the molecule is Cc1ccc(C(C)NC(=NCC2CCOC2)NCCc2ccco2)o1.I. The smallest absolute Gasteiger partial charge is 0.191 e. The van der Waals surface area contributed by atoms with Gasteiger partial charge in [-0.25, -0.2) is 0 Å². The fourth-order valence-corrected chi connectivity index (χ4v) is 2.82. The second-order valence-electron chi connectivity index (χ2n) is 6.49. The van der Waals surface area contributed by atoms with Crippen LogP contribution < -0.4 is 10.6 Å². The molecule has 3 heterocycles. The largest absolute Gasteiger partial charge is 0.469 e. The summed E-state index contributed by atoms with van der Waals surface area (Å²) in [5.41, 5.74) is 0. The van der Waals surface area contributed by atoms with Gasteiger partial charge in [-0.2, -0.15) is 0 Å². The number of hydrogen-bond acceptors (Lipinski definition) is 4. The highest BCUT2D eigenvalue weighted by Gasteiger charge is 2.16. The second kappa shape index (κ2) is 10.6. The number of furan rings is 2. The Morgan fingerprint density at radius 1 is 1.35 bits per heavy atom. The molecule has 0 aromatic carbocycles. The Labute approximate surface area is 171 Å². The third-order valence-corrected chi connectivity index (χ3v) is 4.32. The van der Waals surface area contributed by atoms with Gasteiger partial charge in [0.2, 0.25) is 0 Å². The number of aryl methyl sites for hydroxylation is 1. The monoisotopic (exact) mass is 473 g/mol. The van der Waals surface area contributed by atoms with Crippen LogP contribution in [0.25, 0.3) is 0 Å². The molecule has 2 aromatic heterocycles. The number of halogens is 1. The van der Waals surface area contributed by atoms with Crippen LogP contribution in [0, 0.1) is 12.8 Å². The first kappa shape index (κ1) is 20.8. The van der Waals surface area contributed by atoms with Crippen LogP contribution in [0.4, 0.5) is 0 Å². The van der Waals surface area contributed by atoms with Crippen molar-refractivity contribution in [2.24, 2.45) is 10.9 Å². The Kier molecular flexibility index (Phi) is 8.50. The van der Waals surface area contributed by atoms with Crippen molar-refractivity contribution in [1.29, 1.82) is 0 Å². The first-order valence-corrected chi connectivity index (χ1v) is 8.92. The van der Waals surface area contributed by atoms with Gasteiger partial charge in [0, 0.05) is 32.0 Å². The fourth-order valence-electron chi connectivity index (χ4n) is 2.82. The van der Waals surface area contributed by atoms with Gasteiger partial charge in [0.1, 0.15) is 17.3 Å². The lowest BCUT2D eigenvalue weighted by atomic mass is 10.1. The lowest BCUT2D eigenvalue weighted by molar-refractivity contribution is 0.187. The zero-order valence-corrected chi connectivity index (χ0v) is 17.7. The predicted octanol–water partition coefficient (Wildman–Crippen LogP) is 3.67. The van der Waals surface area contributed by atoms with E-state index >= 15 is 0 Å². The summed E-state index contributed by atoms with van der Waals surface area (Å²) in [7, 11) is 0. The van der Waals surface area contributed by atoms with Gasteiger partial charge in [0.05, 0.1) is 18.9 Å². The molecule has 7 heteroatoms. The molecular formula is C19H28IN3O3. The van der Waals surface area contributed by atoms with Gasteiger partial charge in [-0.05, 0) is 44.5 Å². The number of nitrogens with zero attached hydrogens (tertiary/aromatic N) is 1. The van der Waals surface area contributed by atoms with Gasteiger partial charge in [0.25, 0.3) is 0 Å². The summed E-state index contributed by atoms with van der Waals surface area (Å²) >= 11 is 0. The molecule has 1 saturated heterocycles. The molecule has 2 unspecified atom stereocenters. The van der Waals surface area contributed by atoms with Crippen LogP contribution in [-0.4, -0.2) is 32.3 Å². The average molecular weight is 473 g/mol. The lowest BCUT2D eigenvalue weighted by Gasteiger charge is -2.17. The summed E-state index contributed by atoms with van der Waals surface area (Å²) in [5.74, 6) is 4.08. The van der Waals surface area contributed by atoms with Gasteiger partial charge >= 0.3 is 0 Å². The normalized spacial score (nSPS) is 18.4. The maximum Gasteiger partial charge on any atom is 0.191 e. The van der Waals surface area contributed by atoms with E-state index in [0.29, 0.717) is 5.92 Å². The quantitative estimate of drug-likeness (QED) is 0.365. The molecule has 0 radical (unpaired) electrons. The molecule has 2 atom stereocenters. The van der Waals surface area contributed by atoms with Crippen LogP contribution in [0.5, 0.6) is 0 Å². The Bertz CT molecular complexity index is 663. The molecule has 1 aliphatic rings. The third-order valence-electron chi connectivity index (χ3n) is 4.32. The van der Waals surface area contributed by atoms with Crippen LogP contribution in [0.15, 0.2) is 44.4 Å². The van der Waals surface area contributed by atoms with Crippen molar-refractivity contribution in [1.82, 2.24) is 10.6 Å². The van der Waals surface area contributed by atoms with Gasteiger partial charge in [-0.3, -0.25) is 4.99 Å². The molecule has 0 spiro atoms. The van der Waals surface area contributed by atoms with Crippen LogP contribution >= 0.6 is 24.0 Å². The van der Waals surface area contributed by atoms with Crippen molar-refractivity contribution in [2.45, 2.75) is 32.7 Å². The van der Waals surface area contributed by atoms with Gasteiger partial charge in [0.15, 0.2) is 5.96 Å². The van der Waals surface area contributed by atoms with Crippen molar-refractivity contribution in [3.63, 3.8) is 0 Å². The standard InChI is InChI=1S/C19H27N3O3.HI/c1-14-5-6-18(25-14)15(2)22-19(21-12-16-8-11-23-13-16)20-9-7-17-4-3-10-24-17;/h3-6,10,15-16H,7-9,11-13H2,1-2H3,(H2,20,21,22);1H. The minimum absolute atomic E-state index is 0. The van der Waals surface area contributed by atoms with Gasteiger partial charge in [-0.1, -0.05) is 0 Å². The van der Waals surface area contributed by atoms with E-state index in [9.17, 15) is 0 Å². The Balaban J connectivity index is 0.00000243. The van der Waals surface area contributed by atoms with Gasteiger partial charge < -0.3 is 24.2 Å². The summed E-state index contributed by atoms with van der Waals surface area (Å²) in [6.45, 7) is 7.19. The fraction of sp³-hybridized carbons (Fsp3) is 0.526. The lowest BCUT2D eigenvalue weighted by Crippen LogP contribution is -2.40. The van der Waals surface area contributed by atoms with Crippen LogP contribution in [0.2, 0.25) is 0 Å². The van der Waals surface area contributed by atoms with Crippen molar-refractivity contribution in [2.75, 3.05) is 26.3 Å². The molecule has 144 valence electrons. The number of hydrogen-bond donors (Lipinski definition) is 2. The summed E-state index contributed by atoms with van der Waals surface area (Å²) in [6, 6.07) is 7.91. The molecule has 0 amide bonds. The zero-order valence-electron chi connectivity index (χ0n) is 15.4. The summed E-state index contributed by atoms with van der Waals surface area (Å²) in [5, 5.41) is 6.81. The van der Waals surface area contributed by atoms with E-state index in [4.69, 9.17) is 18.6 Å². The highest BCUT2D eigenvalue weighted by molar-refractivity contribution is 14.0. The third kappa shape index (κ3) is 6.35. The highest BCUT2D eigenvalue weighted by atomic mass is 127. The van der Waals surface area contributed by atoms with E-state index in [0.717, 1.165) is 62.4 Å². The van der Waals surface area contributed by atoms with Gasteiger partial charge in [-0.15, -0.1) is 24.0 Å². The molecule has 1 fully saturated rings. The van der Waals surface area contributed by atoms with E-state index in [-0.39, 0.29) is 30.0 Å². The number of guanidine groups is 1. The number of aliphatic imine (C=N–C) groups is 1. The molecule has 0 bridgehead atoms. The van der Waals surface area contributed by atoms with Crippen LogP contribution in [-0.2, 0) is 11.2 Å². The first-order chi connectivity index (χ1) is 12.2. The van der Waals surface area contributed by atoms with Crippen LogP contribution in [0.3, 0.4) is 0 Å². The topological polar surface area (TPSA) is 71.9 Å².